The Morgan fingerprint density at radius 2 is 2.25 bits per heavy atom. The Labute approximate surface area is 147 Å². The summed E-state index contributed by atoms with van der Waals surface area (Å²) in [7, 11) is 0. The first-order chi connectivity index (χ1) is 11.6. The first-order valence-electron chi connectivity index (χ1n) is 7.71. The second kappa shape index (κ2) is 6.11. The van der Waals surface area contributed by atoms with Gasteiger partial charge in [0.05, 0.1) is 11.7 Å². The maximum atomic E-state index is 13.8. The van der Waals surface area contributed by atoms with Crippen LogP contribution in [0.5, 0.6) is 0 Å². The maximum Gasteiger partial charge on any atom is 0.263 e. The minimum atomic E-state index is -0.182. The summed E-state index contributed by atoms with van der Waals surface area (Å²) in [6, 6.07) is 6.94. The highest BCUT2D eigenvalue weighted by molar-refractivity contribution is 7.17. The van der Waals surface area contributed by atoms with Crippen LogP contribution >= 0.6 is 22.7 Å². The van der Waals surface area contributed by atoms with E-state index in [1.807, 2.05) is 29.8 Å². The normalized spacial score (nSPS) is 16.2. The third-order valence-corrected chi connectivity index (χ3v) is 6.18. The van der Waals surface area contributed by atoms with Crippen LogP contribution in [-0.2, 0) is 6.42 Å². The van der Waals surface area contributed by atoms with E-state index in [2.05, 4.69) is 10.3 Å². The maximum absolute atomic E-state index is 13.8. The fraction of sp³-hybridized carbons (Fsp3) is 0.222. The number of nitrogens with one attached hydrogen (secondary N) is 1. The number of halogens is 1. The summed E-state index contributed by atoms with van der Waals surface area (Å²) in [4.78, 5) is 17.8. The molecule has 3 nitrogen and oxygen atoms in total. The number of hydrogen-bond acceptors (Lipinski definition) is 4. The van der Waals surface area contributed by atoms with Crippen LogP contribution in [-0.4, -0.2) is 10.9 Å². The molecule has 1 atom stereocenters. The van der Waals surface area contributed by atoms with Crippen molar-refractivity contribution < 1.29 is 9.18 Å². The summed E-state index contributed by atoms with van der Waals surface area (Å²) < 4.78 is 13.8. The smallest absolute Gasteiger partial charge is 0.263 e. The van der Waals surface area contributed by atoms with Gasteiger partial charge in [-0.05, 0) is 48.4 Å². The molecular formula is C18H15FN2OS2. The third kappa shape index (κ3) is 2.65. The quantitative estimate of drug-likeness (QED) is 0.735. The molecule has 1 aliphatic rings. The summed E-state index contributed by atoms with van der Waals surface area (Å²) in [5.41, 5.74) is 3.39. The molecule has 2 heterocycles. The average molecular weight is 358 g/mol. The molecule has 122 valence electrons. The lowest BCUT2D eigenvalue weighted by Gasteiger charge is -2.13. The topological polar surface area (TPSA) is 42.0 Å². The monoisotopic (exact) mass is 358 g/mol. The van der Waals surface area contributed by atoms with Crippen molar-refractivity contribution in [1.82, 2.24) is 10.3 Å². The molecule has 4 rings (SSSR count). The fourth-order valence-corrected chi connectivity index (χ4v) is 4.78. The van der Waals surface area contributed by atoms with Crippen molar-refractivity contribution in [3.05, 3.63) is 62.5 Å². The molecule has 6 heteroatoms. The van der Waals surface area contributed by atoms with Crippen LogP contribution in [0.4, 0.5) is 4.39 Å². The Kier molecular flexibility index (Phi) is 3.94. The summed E-state index contributed by atoms with van der Waals surface area (Å²) in [6.45, 7) is 1.85. The summed E-state index contributed by atoms with van der Waals surface area (Å²) >= 11 is 3.01. The minimum absolute atomic E-state index is 0.130. The van der Waals surface area contributed by atoms with Crippen LogP contribution in [0, 0.1) is 12.7 Å². The number of fused-ring (bicyclic) bond motifs is 1. The van der Waals surface area contributed by atoms with E-state index in [1.54, 1.807) is 17.4 Å². The lowest BCUT2D eigenvalue weighted by molar-refractivity contribution is 0.0940. The highest BCUT2D eigenvalue weighted by atomic mass is 32.1. The highest BCUT2D eigenvalue weighted by Crippen LogP contribution is 2.34. The van der Waals surface area contributed by atoms with E-state index in [4.69, 9.17) is 0 Å². The van der Waals surface area contributed by atoms with Gasteiger partial charge in [0, 0.05) is 10.9 Å². The molecule has 0 radical (unpaired) electrons. The van der Waals surface area contributed by atoms with Crippen molar-refractivity contribution in [1.29, 1.82) is 0 Å². The van der Waals surface area contributed by atoms with Gasteiger partial charge in [0.2, 0.25) is 0 Å². The summed E-state index contributed by atoms with van der Waals surface area (Å²) in [5, 5.41) is 7.92. The number of rotatable bonds is 3. The number of carbonyl (C=O) groups excluding carboxylic acids is 1. The van der Waals surface area contributed by atoms with Gasteiger partial charge in [-0.3, -0.25) is 4.79 Å². The van der Waals surface area contributed by atoms with E-state index in [9.17, 15) is 9.18 Å². The van der Waals surface area contributed by atoms with Crippen molar-refractivity contribution in [3.63, 3.8) is 0 Å². The van der Waals surface area contributed by atoms with Gasteiger partial charge < -0.3 is 5.32 Å². The van der Waals surface area contributed by atoms with Gasteiger partial charge in [0.25, 0.3) is 5.91 Å². The molecule has 2 aromatic heterocycles. The van der Waals surface area contributed by atoms with Crippen molar-refractivity contribution in [3.8, 4) is 10.6 Å². The Hall–Kier alpha value is -2.05. The first kappa shape index (κ1) is 15.5. The summed E-state index contributed by atoms with van der Waals surface area (Å²) in [6.07, 6.45) is 1.39. The van der Waals surface area contributed by atoms with E-state index in [0.717, 1.165) is 33.8 Å². The van der Waals surface area contributed by atoms with E-state index in [1.165, 1.54) is 17.4 Å². The van der Waals surface area contributed by atoms with Gasteiger partial charge >= 0.3 is 0 Å². The van der Waals surface area contributed by atoms with Gasteiger partial charge in [-0.2, -0.15) is 11.3 Å². The number of nitrogens with zero attached hydrogens (tertiary/aromatic N) is 1. The number of benzene rings is 1. The van der Waals surface area contributed by atoms with Gasteiger partial charge in [0.1, 0.15) is 15.7 Å². The molecule has 1 N–H and O–H groups in total. The van der Waals surface area contributed by atoms with E-state index >= 15 is 0 Å². The van der Waals surface area contributed by atoms with Crippen molar-refractivity contribution >= 4 is 28.6 Å². The van der Waals surface area contributed by atoms with Gasteiger partial charge in [-0.15, -0.1) is 11.3 Å². The SMILES string of the molecule is Cc1nc(-c2ccsc2)sc1C(=O)NC1CCc2c(F)cccc21. The van der Waals surface area contributed by atoms with Crippen LogP contribution in [0.15, 0.2) is 35.0 Å². The van der Waals surface area contributed by atoms with E-state index < -0.39 is 0 Å². The Morgan fingerprint density at radius 3 is 3.04 bits per heavy atom. The summed E-state index contributed by atoms with van der Waals surface area (Å²) in [5.74, 6) is -0.313. The lowest BCUT2D eigenvalue weighted by Crippen LogP contribution is -2.27. The average Bonchev–Trinajstić information content (AvgIpc) is 3.27. The number of hydrogen-bond donors (Lipinski definition) is 1. The molecule has 1 unspecified atom stereocenters. The molecule has 3 aromatic rings. The zero-order valence-corrected chi connectivity index (χ0v) is 14.6. The second-order valence-electron chi connectivity index (χ2n) is 5.82. The predicted molar refractivity (Wildman–Crippen MR) is 95.1 cm³/mol. The Morgan fingerprint density at radius 1 is 1.38 bits per heavy atom. The number of amides is 1. The minimum Gasteiger partial charge on any atom is -0.344 e. The number of thiophene rings is 1. The molecule has 1 amide bonds. The molecule has 0 bridgehead atoms. The first-order valence-corrected chi connectivity index (χ1v) is 9.47. The molecule has 0 saturated heterocycles. The van der Waals surface area contributed by atoms with Crippen LogP contribution < -0.4 is 5.32 Å². The number of carbonyl (C=O) groups is 1. The van der Waals surface area contributed by atoms with Crippen molar-refractivity contribution in [2.24, 2.45) is 0 Å². The molecule has 0 spiro atoms. The van der Waals surface area contributed by atoms with Gasteiger partial charge in [-0.25, -0.2) is 9.37 Å². The molecule has 24 heavy (non-hydrogen) atoms. The zero-order valence-electron chi connectivity index (χ0n) is 13.0. The van der Waals surface area contributed by atoms with Gasteiger partial charge in [0.15, 0.2) is 0 Å². The van der Waals surface area contributed by atoms with Crippen molar-refractivity contribution in [2.45, 2.75) is 25.8 Å². The molecule has 1 aromatic carbocycles. The van der Waals surface area contributed by atoms with E-state index in [0.29, 0.717) is 11.3 Å². The second-order valence-corrected chi connectivity index (χ2v) is 7.60. The Bertz CT molecular complexity index is 902. The van der Waals surface area contributed by atoms with Crippen LogP contribution in [0.25, 0.3) is 10.6 Å². The van der Waals surface area contributed by atoms with Crippen molar-refractivity contribution in [2.75, 3.05) is 0 Å². The lowest BCUT2D eigenvalue weighted by atomic mass is 10.1. The standard InChI is InChI=1S/C18H15FN2OS2/c1-10-16(24-18(20-10)11-7-8-23-9-11)17(22)21-15-6-5-12-13(15)3-2-4-14(12)19/h2-4,7-9,15H,5-6H2,1H3,(H,21,22). The molecule has 0 fully saturated rings. The third-order valence-electron chi connectivity index (χ3n) is 4.29. The van der Waals surface area contributed by atoms with Crippen LogP contribution in [0.1, 0.15) is 39.0 Å². The fourth-order valence-electron chi connectivity index (χ4n) is 3.10. The van der Waals surface area contributed by atoms with Crippen LogP contribution in [0.2, 0.25) is 0 Å². The molecule has 0 saturated carbocycles. The highest BCUT2D eigenvalue weighted by Gasteiger charge is 2.27. The number of thiazole rings is 1. The molecular weight excluding hydrogens is 343 g/mol. The Balaban J connectivity index is 1.57. The molecule has 0 aliphatic heterocycles. The zero-order chi connectivity index (χ0) is 16.7. The number of aromatic nitrogens is 1. The largest absolute Gasteiger partial charge is 0.344 e. The predicted octanol–water partition coefficient (Wildman–Crippen LogP) is 4.74. The number of aryl methyl sites for hydroxylation is 1. The van der Waals surface area contributed by atoms with Crippen LogP contribution in [0.3, 0.4) is 0 Å². The van der Waals surface area contributed by atoms with Gasteiger partial charge in [-0.1, -0.05) is 12.1 Å². The molecule has 1 aliphatic carbocycles. The van der Waals surface area contributed by atoms with E-state index in [-0.39, 0.29) is 17.8 Å².